The largest absolute Gasteiger partial charge is 0.573 e. The molecule has 0 aromatic heterocycles. The molecule has 0 radical (unpaired) electrons. The molecule has 2 rings (SSSR count). The number of alkyl halides is 3. The van der Waals surface area contributed by atoms with Gasteiger partial charge in [0, 0.05) is 23.7 Å². The van der Waals surface area contributed by atoms with Crippen molar-refractivity contribution in [1.29, 1.82) is 0 Å². The minimum absolute atomic E-state index is 0.0143. The summed E-state index contributed by atoms with van der Waals surface area (Å²) in [5.74, 6) is -0.804. The summed E-state index contributed by atoms with van der Waals surface area (Å²) in [6, 6.07) is 11.0. The van der Waals surface area contributed by atoms with Gasteiger partial charge in [-0.2, -0.15) is 0 Å². The van der Waals surface area contributed by atoms with E-state index in [0.717, 1.165) is 18.4 Å². The molecule has 158 valence electrons. The lowest BCUT2D eigenvalue weighted by atomic mass is 10.2. The van der Waals surface area contributed by atoms with E-state index in [2.05, 4.69) is 10.1 Å². The van der Waals surface area contributed by atoms with E-state index in [9.17, 15) is 26.4 Å². The Morgan fingerprint density at radius 2 is 1.69 bits per heavy atom. The first kappa shape index (κ1) is 22.8. The first-order chi connectivity index (χ1) is 13.4. The van der Waals surface area contributed by atoms with Gasteiger partial charge in [-0.25, -0.2) is 8.42 Å². The molecule has 29 heavy (non-hydrogen) atoms. The van der Waals surface area contributed by atoms with Crippen LogP contribution in [0, 0.1) is 0 Å². The molecule has 6 nitrogen and oxygen atoms in total. The summed E-state index contributed by atoms with van der Waals surface area (Å²) in [6.07, 6.45) is -3.48. The molecule has 0 bridgehead atoms. The van der Waals surface area contributed by atoms with Crippen molar-refractivity contribution in [2.24, 2.45) is 0 Å². The molecule has 2 aromatic carbocycles. The van der Waals surface area contributed by atoms with E-state index < -0.39 is 28.0 Å². The fourth-order valence-electron chi connectivity index (χ4n) is 2.44. The smallest absolute Gasteiger partial charge is 0.406 e. The van der Waals surface area contributed by atoms with E-state index >= 15 is 0 Å². The lowest BCUT2D eigenvalue weighted by molar-refractivity contribution is -0.274. The number of nitrogens with one attached hydrogen (secondary N) is 1. The van der Waals surface area contributed by atoms with E-state index in [1.807, 2.05) is 0 Å². The second-order valence-corrected chi connectivity index (χ2v) is 8.38. The van der Waals surface area contributed by atoms with Crippen molar-refractivity contribution in [3.8, 4) is 5.75 Å². The number of ether oxygens (including phenoxy) is 1. The Bertz CT molecular complexity index is 933. The van der Waals surface area contributed by atoms with Gasteiger partial charge in [-0.15, -0.1) is 13.2 Å². The van der Waals surface area contributed by atoms with Crippen LogP contribution < -0.4 is 14.4 Å². The van der Waals surface area contributed by atoms with Crippen molar-refractivity contribution in [3.05, 3.63) is 53.6 Å². The molecule has 0 atom stereocenters. The quantitative estimate of drug-likeness (QED) is 0.645. The van der Waals surface area contributed by atoms with E-state index in [0.29, 0.717) is 16.4 Å². The zero-order valence-electron chi connectivity index (χ0n) is 15.2. The number of halogens is 4. The van der Waals surface area contributed by atoms with Gasteiger partial charge < -0.3 is 10.1 Å². The van der Waals surface area contributed by atoms with Crippen LogP contribution in [0.2, 0.25) is 5.02 Å². The van der Waals surface area contributed by atoms with Crippen molar-refractivity contribution in [2.45, 2.75) is 19.2 Å². The Morgan fingerprint density at radius 1 is 1.10 bits per heavy atom. The highest BCUT2D eigenvalue weighted by atomic mass is 35.5. The van der Waals surface area contributed by atoms with Gasteiger partial charge in [0.25, 0.3) is 0 Å². The third-order valence-electron chi connectivity index (χ3n) is 3.65. The van der Waals surface area contributed by atoms with Crippen LogP contribution in [0.3, 0.4) is 0 Å². The molecule has 1 amide bonds. The summed E-state index contributed by atoms with van der Waals surface area (Å²) in [4.78, 5) is 12.0. The molecule has 0 heterocycles. The molecule has 0 spiro atoms. The molecule has 1 N–H and O–H groups in total. The number of sulfonamides is 1. The summed E-state index contributed by atoms with van der Waals surface area (Å²) in [7, 11) is -3.55. The Kier molecular flexibility index (Phi) is 7.37. The topological polar surface area (TPSA) is 75.7 Å². The lowest BCUT2D eigenvalue weighted by Crippen LogP contribution is -2.31. The number of carbonyl (C=O) groups excluding carboxylic acids is 1. The number of anilines is 2. The Morgan fingerprint density at radius 3 is 2.21 bits per heavy atom. The molecule has 0 aliphatic rings. The van der Waals surface area contributed by atoms with Crippen LogP contribution in [0.25, 0.3) is 0 Å². The monoisotopic (exact) mass is 450 g/mol. The summed E-state index contributed by atoms with van der Waals surface area (Å²) >= 11 is 5.81. The number of benzene rings is 2. The van der Waals surface area contributed by atoms with Crippen molar-refractivity contribution in [2.75, 3.05) is 22.4 Å². The molecule has 11 heteroatoms. The molecule has 2 aromatic rings. The lowest BCUT2D eigenvalue weighted by Gasteiger charge is -2.22. The summed E-state index contributed by atoms with van der Waals surface area (Å²) in [6.45, 7) is 0.0756. The number of rotatable bonds is 8. The summed E-state index contributed by atoms with van der Waals surface area (Å²) < 4.78 is 65.4. The van der Waals surface area contributed by atoms with Gasteiger partial charge in [-0.05, 0) is 55.0 Å². The van der Waals surface area contributed by atoms with E-state index in [-0.39, 0.29) is 19.4 Å². The normalized spacial score (nSPS) is 11.8. The first-order valence-corrected chi connectivity index (χ1v) is 10.6. The van der Waals surface area contributed by atoms with E-state index in [1.54, 1.807) is 24.3 Å². The Labute approximate surface area is 171 Å². The predicted octanol–water partition coefficient (Wildman–Crippen LogP) is 4.42. The number of carbonyl (C=O) groups is 1. The van der Waals surface area contributed by atoms with E-state index in [1.165, 1.54) is 16.4 Å². The predicted molar refractivity (Wildman–Crippen MR) is 105 cm³/mol. The van der Waals surface area contributed by atoms with Gasteiger partial charge in [-0.3, -0.25) is 9.10 Å². The number of hydrogen-bond donors (Lipinski definition) is 1. The van der Waals surface area contributed by atoms with Crippen molar-refractivity contribution < 1.29 is 31.1 Å². The zero-order valence-corrected chi connectivity index (χ0v) is 16.8. The van der Waals surface area contributed by atoms with Crippen LogP contribution in [0.1, 0.15) is 12.8 Å². The van der Waals surface area contributed by atoms with Crippen LogP contribution in [0.4, 0.5) is 24.5 Å². The molecular weight excluding hydrogens is 433 g/mol. The maximum absolute atomic E-state index is 12.1. The maximum Gasteiger partial charge on any atom is 0.573 e. The standard InChI is InChI=1S/C18H18ClF3N2O4S/c1-29(26,27)24(15-8-4-13(19)5-9-15)12-2-3-17(25)23-14-6-10-16(11-7-14)28-18(20,21)22/h4-11H,2-3,12H2,1H3,(H,23,25). The van der Waals surface area contributed by atoms with Gasteiger partial charge in [0.2, 0.25) is 15.9 Å². The average molecular weight is 451 g/mol. The molecule has 0 unspecified atom stereocenters. The van der Waals surface area contributed by atoms with Gasteiger partial charge in [0.1, 0.15) is 5.75 Å². The van der Waals surface area contributed by atoms with Gasteiger partial charge in [0.15, 0.2) is 0 Å². The summed E-state index contributed by atoms with van der Waals surface area (Å²) in [5, 5.41) is 3.00. The Balaban J connectivity index is 1.90. The zero-order chi connectivity index (χ0) is 21.7. The molecule has 0 aliphatic carbocycles. The second-order valence-electron chi connectivity index (χ2n) is 6.04. The van der Waals surface area contributed by atoms with Crippen LogP contribution in [-0.2, 0) is 14.8 Å². The van der Waals surface area contributed by atoms with Crippen molar-refractivity contribution in [1.82, 2.24) is 0 Å². The SMILES string of the molecule is CS(=O)(=O)N(CCCC(=O)Nc1ccc(OC(F)(F)F)cc1)c1ccc(Cl)cc1. The third-order valence-corrected chi connectivity index (χ3v) is 5.10. The molecular formula is C18H18ClF3N2O4S. The first-order valence-electron chi connectivity index (χ1n) is 8.33. The highest BCUT2D eigenvalue weighted by Crippen LogP contribution is 2.24. The third kappa shape index (κ3) is 7.82. The highest BCUT2D eigenvalue weighted by molar-refractivity contribution is 7.92. The van der Waals surface area contributed by atoms with Crippen LogP contribution in [-0.4, -0.2) is 33.5 Å². The minimum Gasteiger partial charge on any atom is -0.406 e. The van der Waals surface area contributed by atoms with Gasteiger partial charge >= 0.3 is 6.36 Å². The molecule has 0 aliphatic heterocycles. The molecule has 0 saturated carbocycles. The highest BCUT2D eigenvalue weighted by Gasteiger charge is 2.31. The second kappa shape index (κ2) is 9.36. The van der Waals surface area contributed by atoms with Gasteiger partial charge in [-0.1, -0.05) is 11.6 Å². The van der Waals surface area contributed by atoms with Crippen molar-refractivity contribution in [3.63, 3.8) is 0 Å². The Hall–Kier alpha value is -2.46. The fourth-order valence-corrected chi connectivity index (χ4v) is 3.53. The number of amides is 1. The van der Waals surface area contributed by atoms with Crippen molar-refractivity contribution >= 4 is 38.9 Å². The summed E-state index contributed by atoms with van der Waals surface area (Å²) in [5.41, 5.74) is 0.722. The van der Waals surface area contributed by atoms with Crippen LogP contribution in [0.5, 0.6) is 5.75 Å². The maximum atomic E-state index is 12.1. The van der Waals surface area contributed by atoms with Crippen LogP contribution >= 0.6 is 11.6 Å². The minimum atomic E-state index is -4.79. The van der Waals surface area contributed by atoms with Gasteiger partial charge in [0.05, 0.1) is 11.9 Å². The average Bonchev–Trinajstić information content (AvgIpc) is 2.59. The number of nitrogens with zero attached hydrogens (tertiary/aromatic N) is 1. The number of hydrogen-bond acceptors (Lipinski definition) is 4. The molecule has 0 fully saturated rings. The molecule has 0 saturated heterocycles. The fraction of sp³-hybridized carbons (Fsp3) is 0.278. The van der Waals surface area contributed by atoms with E-state index in [4.69, 9.17) is 11.6 Å². The van der Waals surface area contributed by atoms with Crippen LogP contribution in [0.15, 0.2) is 48.5 Å².